The molecule has 50 valence electrons. The van der Waals surface area contributed by atoms with E-state index in [1.807, 2.05) is 13.0 Å². The highest BCUT2D eigenvalue weighted by Gasteiger charge is 1.99. The molecule has 0 amide bonds. The average Bonchev–Trinajstić information content (AvgIpc) is 1.88. The minimum absolute atomic E-state index is 0.308. The lowest BCUT2D eigenvalue weighted by molar-refractivity contribution is 1.26. The van der Waals surface area contributed by atoms with Crippen LogP contribution in [0.1, 0.15) is 11.1 Å². The number of aromatic nitrogens is 1. The smallest absolute Gasteiger partial charge is 0.141 e. The van der Waals surface area contributed by atoms with Crippen molar-refractivity contribution in [3.8, 4) is 6.07 Å². The molecule has 0 aliphatic rings. The van der Waals surface area contributed by atoms with E-state index in [2.05, 4.69) is 4.98 Å². The molecule has 0 aliphatic carbocycles. The van der Waals surface area contributed by atoms with Crippen LogP contribution >= 0.6 is 0 Å². The van der Waals surface area contributed by atoms with Crippen molar-refractivity contribution in [2.75, 3.05) is 5.73 Å². The van der Waals surface area contributed by atoms with Crippen molar-refractivity contribution in [3.05, 3.63) is 23.4 Å². The molecule has 1 aromatic rings. The Kier molecular flexibility index (Phi) is 1.55. The number of rotatable bonds is 0. The lowest BCUT2D eigenvalue weighted by Crippen LogP contribution is -1.95. The van der Waals surface area contributed by atoms with Crippen LogP contribution < -0.4 is 5.73 Å². The van der Waals surface area contributed by atoms with Crippen molar-refractivity contribution in [2.24, 2.45) is 0 Å². The summed E-state index contributed by atoms with van der Waals surface area (Å²) >= 11 is 0. The summed E-state index contributed by atoms with van der Waals surface area (Å²) in [7, 11) is 0. The summed E-state index contributed by atoms with van der Waals surface area (Å²) < 4.78 is 0. The van der Waals surface area contributed by atoms with E-state index < -0.39 is 0 Å². The van der Waals surface area contributed by atoms with Crippen LogP contribution in [0.2, 0.25) is 0 Å². The standard InChI is InChI=1S/C7H7N3/c1-5-2-3-10-7(9)6(5)4-8/h2-3H,1H3,(H2,9,10). The third-order valence-electron chi connectivity index (χ3n) is 1.30. The number of nitrogens with two attached hydrogens (primary N) is 1. The maximum Gasteiger partial charge on any atom is 0.141 e. The van der Waals surface area contributed by atoms with E-state index in [0.717, 1.165) is 5.56 Å². The topological polar surface area (TPSA) is 62.7 Å². The largest absolute Gasteiger partial charge is 0.383 e. The summed E-state index contributed by atoms with van der Waals surface area (Å²) in [6.07, 6.45) is 1.59. The van der Waals surface area contributed by atoms with Crippen molar-refractivity contribution < 1.29 is 0 Å². The first-order valence-electron chi connectivity index (χ1n) is 2.87. The Morgan fingerprint density at radius 2 is 2.40 bits per heavy atom. The minimum Gasteiger partial charge on any atom is -0.383 e. The highest BCUT2D eigenvalue weighted by Crippen LogP contribution is 2.10. The molecule has 2 N–H and O–H groups in total. The number of aryl methyl sites for hydroxylation is 1. The predicted octanol–water partition coefficient (Wildman–Crippen LogP) is 0.844. The quantitative estimate of drug-likeness (QED) is 0.570. The van der Waals surface area contributed by atoms with Gasteiger partial charge in [-0.25, -0.2) is 4.98 Å². The van der Waals surface area contributed by atoms with E-state index in [1.54, 1.807) is 12.3 Å². The fraction of sp³-hybridized carbons (Fsp3) is 0.143. The monoisotopic (exact) mass is 133 g/mol. The highest BCUT2D eigenvalue weighted by molar-refractivity contribution is 5.51. The molecule has 0 fully saturated rings. The molecular formula is C7H7N3. The Bertz CT molecular complexity index is 265. The number of nitriles is 1. The molecule has 0 saturated carbocycles. The van der Waals surface area contributed by atoms with Gasteiger partial charge < -0.3 is 5.73 Å². The molecule has 0 unspecified atom stereocenters. The number of hydrogen-bond donors (Lipinski definition) is 1. The molecule has 0 bridgehead atoms. The number of anilines is 1. The van der Waals surface area contributed by atoms with Gasteiger partial charge in [-0.15, -0.1) is 0 Å². The predicted molar refractivity (Wildman–Crippen MR) is 38.1 cm³/mol. The molecule has 0 aliphatic heterocycles. The van der Waals surface area contributed by atoms with E-state index in [4.69, 9.17) is 11.0 Å². The molecule has 1 heterocycles. The molecule has 0 saturated heterocycles. The molecule has 3 heteroatoms. The molecule has 0 aromatic carbocycles. The van der Waals surface area contributed by atoms with Gasteiger partial charge in [0.25, 0.3) is 0 Å². The maximum absolute atomic E-state index is 8.53. The minimum atomic E-state index is 0.308. The molecule has 1 aromatic heterocycles. The molecule has 3 nitrogen and oxygen atoms in total. The molecular weight excluding hydrogens is 126 g/mol. The fourth-order valence-corrected chi connectivity index (χ4v) is 0.725. The van der Waals surface area contributed by atoms with Gasteiger partial charge in [0.2, 0.25) is 0 Å². The van der Waals surface area contributed by atoms with Gasteiger partial charge in [0.15, 0.2) is 0 Å². The summed E-state index contributed by atoms with van der Waals surface area (Å²) in [6.45, 7) is 1.83. The van der Waals surface area contributed by atoms with E-state index in [-0.39, 0.29) is 0 Å². The first kappa shape index (κ1) is 6.56. The SMILES string of the molecule is Cc1ccnc(N)c1C#N. The Labute approximate surface area is 59.1 Å². The first-order chi connectivity index (χ1) is 4.75. The summed E-state index contributed by atoms with van der Waals surface area (Å²) in [4.78, 5) is 3.77. The van der Waals surface area contributed by atoms with Crippen molar-refractivity contribution >= 4 is 5.82 Å². The molecule has 0 radical (unpaired) electrons. The van der Waals surface area contributed by atoms with Crippen LogP contribution in [0.3, 0.4) is 0 Å². The zero-order valence-corrected chi connectivity index (χ0v) is 5.63. The van der Waals surface area contributed by atoms with Crippen molar-refractivity contribution in [1.82, 2.24) is 4.98 Å². The number of nitrogen functional groups attached to an aromatic ring is 1. The van der Waals surface area contributed by atoms with Crippen LogP contribution in [0.4, 0.5) is 5.82 Å². The van der Waals surface area contributed by atoms with Crippen molar-refractivity contribution in [2.45, 2.75) is 6.92 Å². The van der Waals surface area contributed by atoms with E-state index >= 15 is 0 Å². The lowest BCUT2D eigenvalue weighted by Gasteiger charge is -1.97. The second-order valence-electron chi connectivity index (χ2n) is 2.00. The Morgan fingerprint density at radius 3 is 2.80 bits per heavy atom. The maximum atomic E-state index is 8.53. The van der Waals surface area contributed by atoms with E-state index in [9.17, 15) is 0 Å². The summed E-state index contributed by atoms with van der Waals surface area (Å²) in [6, 6.07) is 3.73. The molecule has 0 atom stereocenters. The van der Waals surface area contributed by atoms with Crippen LogP contribution in [0.25, 0.3) is 0 Å². The van der Waals surface area contributed by atoms with Crippen LogP contribution in [0.5, 0.6) is 0 Å². The normalized spacial score (nSPS) is 8.80. The van der Waals surface area contributed by atoms with Crippen molar-refractivity contribution in [3.63, 3.8) is 0 Å². The van der Waals surface area contributed by atoms with E-state index in [1.165, 1.54) is 0 Å². The zero-order chi connectivity index (χ0) is 7.56. The van der Waals surface area contributed by atoms with Gasteiger partial charge in [0, 0.05) is 6.20 Å². The first-order valence-corrected chi connectivity index (χ1v) is 2.87. The Balaban J connectivity index is 3.34. The van der Waals surface area contributed by atoms with Gasteiger partial charge in [0.1, 0.15) is 11.9 Å². The molecule has 0 spiro atoms. The fourth-order valence-electron chi connectivity index (χ4n) is 0.725. The Hall–Kier alpha value is -1.56. The van der Waals surface area contributed by atoms with Crippen LogP contribution in [0.15, 0.2) is 12.3 Å². The van der Waals surface area contributed by atoms with Crippen LogP contribution in [-0.2, 0) is 0 Å². The summed E-state index contributed by atoms with van der Waals surface area (Å²) in [5.41, 5.74) is 6.74. The number of nitrogens with zero attached hydrogens (tertiary/aromatic N) is 2. The second kappa shape index (κ2) is 2.36. The van der Waals surface area contributed by atoms with Crippen LogP contribution in [-0.4, -0.2) is 4.98 Å². The lowest BCUT2D eigenvalue weighted by atomic mass is 10.2. The second-order valence-corrected chi connectivity index (χ2v) is 2.00. The number of pyridine rings is 1. The van der Waals surface area contributed by atoms with Gasteiger partial charge in [-0.2, -0.15) is 5.26 Å². The summed E-state index contributed by atoms with van der Waals surface area (Å²) in [5, 5.41) is 8.53. The van der Waals surface area contributed by atoms with Crippen LogP contribution in [0, 0.1) is 18.3 Å². The average molecular weight is 133 g/mol. The molecule has 10 heavy (non-hydrogen) atoms. The van der Waals surface area contributed by atoms with Gasteiger partial charge >= 0.3 is 0 Å². The van der Waals surface area contributed by atoms with E-state index in [0.29, 0.717) is 11.4 Å². The third-order valence-corrected chi connectivity index (χ3v) is 1.30. The third kappa shape index (κ3) is 0.914. The zero-order valence-electron chi connectivity index (χ0n) is 5.63. The molecule has 1 rings (SSSR count). The van der Waals surface area contributed by atoms with Crippen molar-refractivity contribution in [1.29, 1.82) is 5.26 Å². The van der Waals surface area contributed by atoms with Gasteiger partial charge in [-0.1, -0.05) is 0 Å². The van der Waals surface area contributed by atoms with Gasteiger partial charge in [-0.05, 0) is 18.6 Å². The Morgan fingerprint density at radius 1 is 1.70 bits per heavy atom. The number of hydrogen-bond acceptors (Lipinski definition) is 3. The van der Waals surface area contributed by atoms with Gasteiger partial charge in [-0.3, -0.25) is 0 Å². The summed E-state index contributed by atoms with van der Waals surface area (Å²) in [5.74, 6) is 0.308. The highest BCUT2D eigenvalue weighted by atomic mass is 14.8. The van der Waals surface area contributed by atoms with Gasteiger partial charge in [0.05, 0.1) is 5.56 Å².